The van der Waals surface area contributed by atoms with Crippen LogP contribution >= 0.6 is 0 Å². The number of fused-ring (bicyclic) bond motifs is 5. The third-order valence-electron chi connectivity index (χ3n) is 10.1. The average Bonchev–Trinajstić information content (AvgIpc) is 3.62. The molecule has 0 fully saturated rings. The van der Waals surface area contributed by atoms with E-state index >= 15 is 0 Å². The van der Waals surface area contributed by atoms with Gasteiger partial charge in [-0.2, -0.15) is 0 Å². The van der Waals surface area contributed by atoms with Crippen LogP contribution < -0.4 is 0 Å². The maximum Gasteiger partial charge on any atom is 0.143 e. The van der Waals surface area contributed by atoms with E-state index in [1.807, 2.05) is 36.4 Å². The number of hydrogen-bond acceptors (Lipinski definition) is 1. The lowest BCUT2D eigenvalue weighted by Crippen LogP contribution is -1.90. The summed E-state index contributed by atoms with van der Waals surface area (Å²) in [7, 11) is 0. The first-order valence-corrected chi connectivity index (χ1v) is 16.4. The zero-order valence-electron chi connectivity index (χ0n) is 33.0. The van der Waals surface area contributed by atoms with Crippen LogP contribution in [-0.4, -0.2) is 0 Å². The number of hydrogen-bond donors (Lipinski definition) is 0. The summed E-state index contributed by atoms with van der Waals surface area (Å²) >= 11 is 0. The predicted octanol–water partition coefficient (Wildman–Crippen LogP) is 13.8. The van der Waals surface area contributed by atoms with Gasteiger partial charge in [-0.3, -0.25) is 0 Å². The Kier molecular flexibility index (Phi) is 4.24. The van der Waals surface area contributed by atoms with Crippen molar-refractivity contribution in [2.45, 2.75) is 0 Å². The SMILES string of the molecule is [2H]c1c([2H])c([2H])c2c(-c3ccc4ccc5c(-c6cccc7oc8c(-c9cccc%10ccccc9%10)cccc8c67)ccc6ccc3c4c65)c([2H])c([2H])c([2H])c2c1[2H]. The fourth-order valence-electron chi connectivity index (χ4n) is 8.01. The first-order valence-electron chi connectivity index (χ1n) is 19.9. The van der Waals surface area contributed by atoms with Crippen molar-refractivity contribution in [1.82, 2.24) is 0 Å². The molecule has 0 spiro atoms. The van der Waals surface area contributed by atoms with Gasteiger partial charge >= 0.3 is 0 Å². The number of rotatable bonds is 3. The van der Waals surface area contributed by atoms with E-state index in [1.165, 1.54) is 5.39 Å². The zero-order valence-corrected chi connectivity index (χ0v) is 26.0. The second-order valence-corrected chi connectivity index (χ2v) is 12.6. The lowest BCUT2D eigenvalue weighted by Gasteiger charge is -2.17. The van der Waals surface area contributed by atoms with Crippen molar-refractivity contribution in [2.24, 2.45) is 0 Å². The summed E-state index contributed by atoms with van der Waals surface area (Å²) in [5.41, 5.74) is 6.65. The molecule has 11 aromatic rings. The second-order valence-electron chi connectivity index (χ2n) is 12.6. The molecule has 1 aromatic heterocycles. The highest BCUT2D eigenvalue weighted by Crippen LogP contribution is 2.46. The first kappa shape index (κ1) is 20.7. The molecule has 226 valence electrons. The van der Waals surface area contributed by atoms with E-state index in [2.05, 4.69) is 91.0 Å². The van der Waals surface area contributed by atoms with Crippen molar-refractivity contribution in [1.29, 1.82) is 0 Å². The monoisotopic (exact) mass is 627 g/mol. The minimum atomic E-state index is -0.466. The van der Waals surface area contributed by atoms with E-state index in [9.17, 15) is 0 Å². The fraction of sp³-hybridized carbons (Fsp3) is 0. The summed E-state index contributed by atoms with van der Waals surface area (Å²) < 4.78 is 67.5. The van der Waals surface area contributed by atoms with Crippen molar-refractivity contribution >= 4 is 75.8 Å². The Labute approximate surface area is 292 Å². The van der Waals surface area contributed by atoms with Gasteiger partial charge in [0.2, 0.25) is 0 Å². The van der Waals surface area contributed by atoms with Crippen molar-refractivity contribution < 1.29 is 14.0 Å². The third-order valence-corrected chi connectivity index (χ3v) is 10.1. The molecule has 0 atom stereocenters. The van der Waals surface area contributed by atoms with Crippen molar-refractivity contribution in [3.05, 3.63) is 170 Å². The van der Waals surface area contributed by atoms with E-state index in [0.717, 1.165) is 81.9 Å². The highest BCUT2D eigenvalue weighted by molar-refractivity contribution is 6.29. The van der Waals surface area contributed by atoms with Crippen LogP contribution in [0.3, 0.4) is 0 Å². The topological polar surface area (TPSA) is 13.1 Å². The molecular formula is C48H28O. The van der Waals surface area contributed by atoms with Crippen LogP contribution in [0.5, 0.6) is 0 Å². The van der Waals surface area contributed by atoms with Crippen LogP contribution in [0.25, 0.3) is 109 Å². The van der Waals surface area contributed by atoms with Gasteiger partial charge in [-0.15, -0.1) is 0 Å². The quantitative estimate of drug-likeness (QED) is 0.178. The maximum atomic E-state index is 9.10. The van der Waals surface area contributed by atoms with E-state index in [-0.39, 0.29) is 46.5 Å². The molecule has 0 saturated heterocycles. The molecule has 1 heteroatoms. The standard InChI is InChI=1S/C48H28O/c1-3-13-33-29(9-1)11-5-15-35(33)37-25-21-31-24-28-41-38(26-22-32-23-27-40(37)45(31)46(32)41)39-17-8-20-44-47(39)43-19-7-18-42(48(43)49-44)36-16-6-12-30-10-2-4-14-34(30)36/h1-28H/i1D,3D,5D,9D,11D,13D,15D. The van der Waals surface area contributed by atoms with Gasteiger partial charge in [-0.05, 0) is 87.7 Å². The third kappa shape index (κ3) is 3.76. The Bertz CT molecular complexity index is 3500. The molecule has 11 rings (SSSR count). The molecule has 0 saturated carbocycles. The lowest BCUT2D eigenvalue weighted by atomic mass is 9.86. The van der Waals surface area contributed by atoms with Gasteiger partial charge in [-0.25, -0.2) is 0 Å². The van der Waals surface area contributed by atoms with Gasteiger partial charge in [0.25, 0.3) is 0 Å². The predicted molar refractivity (Wildman–Crippen MR) is 209 cm³/mol. The molecule has 0 aliphatic heterocycles. The molecule has 0 aliphatic rings. The minimum Gasteiger partial charge on any atom is -0.455 e. The van der Waals surface area contributed by atoms with Gasteiger partial charge in [0.15, 0.2) is 0 Å². The molecule has 0 bridgehead atoms. The normalized spacial score (nSPS) is 14.1. The number of benzene rings is 10. The molecule has 49 heavy (non-hydrogen) atoms. The fourth-order valence-corrected chi connectivity index (χ4v) is 8.01. The van der Waals surface area contributed by atoms with Crippen molar-refractivity contribution in [3.63, 3.8) is 0 Å². The summed E-state index contributed by atoms with van der Waals surface area (Å²) in [6.45, 7) is 0. The van der Waals surface area contributed by atoms with Gasteiger partial charge in [0, 0.05) is 16.3 Å². The highest BCUT2D eigenvalue weighted by atomic mass is 16.3. The molecule has 0 amide bonds. The van der Waals surface area contributed by atoms with Crippen molar-refractivity contribution in [2.75, 3.05) is 0 Å². The van der Waals surface area contributed by atoms with Gasteiger partial charge in [0.1, 0.15) is 11.2 Å². The summed E-state index contributed by atoms with van der Waals surface area (Å²) in [5, 5.41) is 10.2. The summed E-state index contributed by atoms with van der Waals surface area (Å²) in [6.07, 6.45) is 0. The van der Waals surface area contributed by atoms with Crippen LogP contribution in [0.2, 0.25) is 0 Å². The average molecular weight is 628 g/mol. The van der Waals surface area contributed by atoms with Crippen LogP contribution in [0.15, 0.2) is 174 Å². The van der Waals surface area contributed by atoms with Gasteiger partial charge in [0.05, 0.1) is 9.60 Å². The Balaban J connectivity index is 1.19. The molecular weight excluding hydrogens is 593 g/mol. The van der Waals surface area contributed by atoms with E-state index in [4.69, 9.17) is 14.0 Å². The van der Waals surface area contributed by atoms with Crippen molar-refractivity contribution in [3.8, 4) is 33.4 Å². The van der Waals surface area contributed by atoms with Gasteiger partial charge in [-0.1, -0.05) is 164 Å². The molecule has 10 aromatic carbocycles. The van der Waals surface area contributed by atoms with Crippen LogP contribution in [0.1, 0.15) is 9.60 Å². The van der Waals surface area contributed by atoms with Crippen LogP contribution in [0, 0.1) is 0 Å². The highest BCUT2D eigenvalue weighted by Gasteiger charge is 2.20. The van der Waals surface area contributed by atoms with Crippen LogP contribution in [0.4, 0.5) is 0 Å². The lowest BCUT2D eigenvalue weighted by molar-refractivity contribution is 0.670. The van der Waals surface area contributed by atoms with Crippen LogP contribution in [-0.2, 0) is 0 Å². The molecule has 1 heterocycles. The Morgan fingerprint density at radius 2 is 0.939 bits per heavy atom. The minimum absolute atomic E-state index is 0.0518. The Morgan fingerprint density at radius 1 is 0.327 bits per heavy atom. The van der Waals surface area contributed by atoms with E-state index < -0.39 is 12.1 Å². The molecule has 0 N–H and O–H groups in total. The zero-order chi connectivity index (χ0) is 38.1. The summed E-state index contributed by atoms with van der Waals surface area (Å²) in [5.74, 6) is 0. The first-order chi connectivity index (χ1) is 27.2. The van der Waals surface area contributed by atoms with E-state index in [1.54, 1.807) is 0 Å². The van der Waals surface area contributed by atoms with Gasteiger partial charge < -0.3 is 4.42 Å². The Morgan fingerprint density at radius 3 is 1.80 bits per heavy atom. The smallest absolute Gasteiger partial charge is 0.143 e. The summed E-state index contributed by atoms with van der Waals surface area (Å²) in [6, 6.07) is 41.1. The molecule has 0 unspecified atom stereocenters. The maximum absolute atomic E-state index is 9.10. The number of para-hydroxylation sites is 1. The molecule has 0 radical (unpaired) electrons. The summed E-state index contributed by atoms with van der Waals surface area (Å²) in [4.78, 5) is 0. The van der Waals surface area contributed by atoms with E-state index in [0.29, 0.717) is 5.56 Å². The second kappa shape index (κ2) is 10.0. The Hall–Kier alpha value is -6.44. The number of furan rings is 1. The molecule has 0 aliphatic carbocycles. The largest absolute Gasteiger partial charge is 0.455 e. The molecule has 1 nitrogen and oxygen atoms in total.